The third-order valence-electron chi connectivity index (χ3n) is 12.5. The Labute approximate surface area is 421 Å². The van der Waals surface area contributed by atoms with Crippen molar-refractivity contribution in [2.24, 2.45) is 0 Å². The third kappa shape index (κ3) is 53.8. The first-order chi connectivity index (χ1) is 33.5. The molecule has 0 aromatic heterocycles. The summed E-state index contributed by atoms with van der Waals surface area (Å²) in [6.45, 7) is 6.49. The zero-order chi connectivity index (χ0) is 49.3. The Morgan fingerprint density at radius 3 is 0.897 bits per heavy atom. The van der Waals surface area contributed by atoms with Gasteiger partial charge in [0.1, 0.15) is 13.2 Å². The van der Waals surface area contributed by atoms with E-state index in [9.17, 15) is 14.4 Å². The smallest absolute Gasteiger partial charge is 0.306 e. The van der Waals surface area contributed by atoms with E-state index in [2.05, 4.69) is 93.7 Å². The van der Waals surface area contributed by atoms with Gasteiger partial charge in [-0.15, -0.1) is 0 Å². The standard InChI is InChI=1S/C62H108O6/c1-4-7-10-13-16-18-20-22-24-26-28-30-31-32-34-35-37-39-41-43-46-49-52-55-61(64)67-58-59(57-66-60(63)54-51-48-45-15-12-9-6-3)68-62(65)56-53-50-47-44-42-40-38-36-33-29-27-25-23-21-19-17-14-11-8-5-2/h7,10,16,18,22,24,28,30,32,34,37,39,59H,4-6,8-9,11-15,17,19-21,23,25-27,29,31,33,35-36,38,40-58H2,1-3H3/b10-7-,18-16-,24-22-,30-28-,34-32-,39-37-. The summed E-state index contributed by atoms with van der Waals surface area (Å²) < 4.78 is 16.8. The molecule has 0 radical (unpaired) electrons. The Kier molecular flexibility index (Phi) is 53.8. The van der Waals surface area contributed by atoms with E-state index in [-0.39, 0.29) is 31.1 Å². The molecule has 0 saturated heterocycles. The van der Waals surface area contributed by atoms with Crippen molar-refractivity contribution in [3.8, 4) is 0 Å². The molecule has 0 heterocycles. The highest BCUT2D eigenvalue weighted by atomic mass is 16.6. The highest BCUT2D eigenvalue weighted by Gasteiger charge is 2.19. The average molecular weight is 950 g/mol. The zero-order valence-electron chi connectivity index (χ0n) is 44.9. The second-order valence-corrected chi connectivity index (χ2v) is 19.2. The van der Waals surface area contributed by atoms with Crippen LogP contribution in [0.4, 0.5) is 0 Å². The van der Waals surface area contributed by atoms with Gasteiger partial charge in [0.15, 0.2) is 6.10 Å². The van der Waals surface area contributed by atoms with E-state index < -0.39 is 6.10 Å². The summed E-state index contributed by atoms with van der Waals surface area (Å²) in [5, 5.41) is 0. The topological polar surface area (TPSA) is 78.9 Å². The summed E-state index contributed by atoms with van der Waals surface area (Å²) in [5.74, 6) is -0.904. The molecule has 6 heteroatoms. The molecule has 0 aliphatic carbocycles. The molecule has 0 N–H and O–H groups in total. The molecule has 0 aromatic rings. The van der Waals surface area contributed by atoms with Gasteiger partial charge < -0.3 is 14.2 Å². The van der Waals surface area contributed by atoms with Gasteiger partial charge in [-0.25, -0.2) is 0 Å². The Balaban J connectivity index is 4.24. The molecule has 0 fully saturated rings. The highest BCUT2D eigenvalue weighted by Crippen LogP contribution is 2.16. The van der Waals surface area contributed by atoms with Gasteiger partial charge in [-0.1, -0.05) is 267 Å². The Morgan fingerprint density at radius 1 is 0.309 bits per heavy atom. The third-order valence-corrected chi connectivity index (χ3v) is 12.5. The second kappa shape index (κ2) is 56.4. The first-order valence-corrected chi connectivity index (χ1v) is 28.9. The van der Waals surface area contributed by atoms with Crippen LogP contribution in [0.1, 0.15) is 284 Å². The van der Waals surface area contributed by atoms with Crippen molar-refractivity contribution in [2.75, 3.05) is 13.2 Å². The average Bonchev–Trinajstić information content (AvgIpc) is 3.34. The minimum atomic E-state index is -0.782. The van der Waals surface area contributed by atoms with E-state index in [1.807, 2.05) is 0 Å². The fraction of sp³-hybridized carbons (Fsp3) is 0.758. The zero-order valence-corrected chi connectivity index (χ0v) is 44.9. The minimum Gasteiger partial charge on any atom is -0.462 e. The van der Waals surface area contributed by atoms with Crippen LogP contribution in [0.3, 0.4) is 0 Å². The van der Waals surface area contributed by atoms with Crippen LogP contribution in [0.15, 0.2) is 72.9 Å². The molecule has 0 aliphatic rings. The molecular formula is C62H108O6. The van der Waals surface area contributed by atoms with E-state index in [0.717, 1.165) is 109 Å². The molecule has 0 aliphatic heterocycles. The number of carbonyl (C=O) groups is 3. The van der Waals surface area contributed by atoms with Gasteiger partial charge in [-0.3, -0.25) is 14.4 Å². The van der Waals surface area contributed by atoms with Crippen LogP contribution in [0, 0.1) is 0 Å². The van der Waals surface area contributed by atoms with Gasteiger partial charge in [0.25, 0.3) is 0 Å². The van der Waals surface area contributed by atoms with Crippen LogP contribution >= 0.6 is 0 Å². The van der Waals surface area contributed by atoms with Crippen molar-refractivity contribution in [2.45, 2.75) is 290 Å². The van der Waals surface area contributed by atoms with Crippen molar-refractivity contribution in [1.29, 1.82) is 0 Å². The van der Waals surface area contributed by atoms with Crippen molar-refractivity contribution < 1.29 is 28.6 Å². The van der Waals surface area contributed by atoms with E-state index >= 15 is 0 Å². The molecule has 0 aromatic carbocycles. The van der Waals surface area contributed by atoms with Crippen LogP contribution in [0.5, 0.6) is 0 Å². The van der Waals surface area contributed by atoms with Gasteiger partial charge in [-0.05, 0) is 70.6 Å². The van der Waals surface area contributed by atoms with Crippen LogP contribution in [-0.4, -0.2) is 37.2 Å². The van der Waals surface area contributed by atoms with Crippen molar-refractivity contribution in [3.63, 3.8) is 0 Å². The maximum atomic E-state index is 12.8. The molecule has 1 unspecified atom stereocenters. The molecule has 0 bridgehead atoms. The number of ether oxygens (including phenoxy) is 3. The Morgan fingerprint density at radius 2 is 0.574 bits per heavy atom. The Bertz CT molecular complexity index is 1270. The maximum Gasteiger partial charge on any atom is 0.306 e. The van der Waals surface area contributed by atoms with E-state index in [1.165, 1.54) is 135 Å². The van der Waals surface area contributed by atoms with Crippen LogP contribution in [0.2, 0.25) is 0 Å². The number of hydrogen-bond acceptors (Lipinski definition) is 6. The van der Waals surface area contributed by atoms with Crippen LogP contribution in [-0.2, 0) is 28.6 Å². The second-order valence-electron chi connectivity index (χ2n) is 19.2. The lowest BCUT2D eigenvalue weighted by molar-refractivity contribution is -0.167. The molecule has 0 saturated carbocycles. The number of allylic oxidation sites excluding steroid dienone is 12. The quantitative estimate of drug-likeness (QED) is 0.0262. The predicted octanol–water partition coefficient (Wildman–Crippen LogP) is 19.4. The first kappa shape index (κ1) is 64.8. The van der Waals surface area contributed by atoms with Gasteiger partial charge in [0.05, 0.1) is 0 Å². The van der Waals surface area contributed by atoms with Crippen molar-refractivity contribution >= 4 is 17.9 Å². The maximum absolute atomic E-state index is 12.8. The lowest BCUT2D eigenvalue weighted by Gasteiger charge is -2.18. The summed E-state index contributed by atoms with van der Waals surface area (Å²) in [5.41, 5.74) is 0. The van der Waals surface area contributed by atoms with Gasteiger partial charge in [0.2, 0.25) is 0 Å². The monoisotopic (exact) mass is 949 g/mol. The molecule has 6 nitrogen and oxygen atoms in total. The highest BCUT2D eigenvalue weighted by molar-refractivity contribution is 5.71. The van der Waals surface area contributed by atoms with E-state index in [4.69, 9.17) is 14.2 Å². The SMILES string of the molecule is CC/C=C\C/C=C\C/C=C\C/C=C\C/C=C\C/C=C\CCCCCCC(=O)OCC(COC(=O)CCCCCCCCC)OC(=O)CCCCCCCCCCCCCCCCCCCCCC. The number of esters is 3. The van der Waals surface area contributed by atoms with Crippen LogP contribution in [0.25, 0.3) is 0 Å². The number of hydrogen-bond donors (Lipinski definition) is 0. The lowest BCUT2D eigenvalue weighted by atomic mass is 10.0. The molecule has 1 atom stereocenters. The van der Waals surface area contributed by atoms with E-state index in [1.54, 1.807) is 0 Å². The normalized spacial score (nSPS) is 12.6. The lowest BCUT2D eigenvalue weighted by Crippen LogP contribution is -2.30. The van der Waals surface area contributed by atoms with E-state index in [0.29, 0.717) is 19.3 Å². The van der Waals surface area contributed by atoms with Gasteiger partial charge in [0, 0.05) is 19.3 Å². The van der Waals surface area contributed by atoms with Crippen LogP contribution < -0.4 is 0 Å². The Hall–Kier alpha value is -3.15. The summed E-state index contributed by atoms with van der Waals surface area (Å²) in [4.78, 5) is 38.0. The fourth-order valence-corrected chi connectivity index (χ4v) is 8.15. The summed E-state index contributed by atoms with van der Waals surface area (Å²) in [6.07, 6.45) is 72.0. The largest absolute Gasteiger partial charge is 0.462 e. The summed E-state index contributed by atoms with van der Waals surface area (Å²) in [7, 11) is 0. The molecule has 392 valence electrons. The molecule has 0 spiro atoms. The van der Waals surface area contributed by atoms with Crippen molar-refractivity contribution in [3.05, 3.63) is 72.9 Å². The number of rotatable bonds is 52. The minimum absolute atomic E-state index is 0.0811. The molecule has 0 amide bonds. The fourth-order valence-electron chi connectivity index (χ4n) is 8.15. The molecule has 0 rings (SSSR count). The van der Waals surface area contributed by atoms with Gasteiger partial charge in [-0.2, -0.15) is 0 Å². The van der Waals surface area contributed by atoms with Crippen molar-refractivity contribution in [1.82, 2.24) is 0 Å². The summed E-state index contributed by atoms with van der Waals surface area (Å²) in [6, 6.07) is 0. The number of unbranched alkanes of at least 4 members (excludes halogenated alkanes) is 29. The molecular weight excluding hydrogens is 841 g/mol. The summed E-state index contributed by atoms with van der Waals surface area (Å²) >= 11 is 0. The predicted molar refractivity (Wildman–Crippen MR) is 293 cm³/mol. The molecule has 68 heavy (non-hydrogen) atoms. The first-order valence-electron chi connectivity index (χ1n) is 28.9. The van der Waals surface area contributed by atoms with Gasteiger partial charge >= 0.3 is 17.9 Å². The number of carbonyl (C=O) groups excluding carboxylic acids is 3.